The Labute approximate surface area is 90.3 Å². The summed E-state index contributed by atoms with van der Waals surface area (Å²) in [7, 11) is 1.32. The molecule has 0 saturated carbocycles. The number of ether oxygens (including phenoxy) is 1. The van der Waals surface area contributed by atoms with Gasteiger partial charge in [-0.05, 0) is 23.6 Å². The van der Waals surface area contributed by atoms with E-state index in [2.05, 4.69) is 30.4 Å². The molecule has 78 valence electrons. The number of esters is 1. The number of hydrogen-bond donors (Lipinski definition) is 0. The third-order valence-electron chi connectivity index (χ3n) is 2.05. The van der Waals surface area contributed by atoms with Gasteiger partial charge >= 0.3 is 5.97 Å². The summed E-state index contributed by atoms with van der Waals surface area (Å²) >= 11 is 0. The van der Waals surface area contributed by atoms with Crippen molar-refractivity contribution < 1.29 is 9.53 Å². The highest BCUT2D eigenvalue weighted by Gasteiger charge is 1.98. The summed E-state index contributed by atoms with van der Waals surface area (Å²) in [6, 6.07) is 7.85. The van der Waals surface area contributed by atoms with Crippen molar-refractivity contribution in [3.8, 4) is 11.8 Å². The molecule has 2 heteroatoms. The van der Waals surface area contributed by atoms with Gasteiger partial charge in [0.05, 0.1) is 7.11 Å². The fraction of sp³-hybridized carbons (Fsp3) is 0.308. The molecule has 0 radical (unpaired) electrons. The molecule has 0 aromatic heterocycles. The number of benzene rings is 1. The van der Waals surface area contributed by atoms with Crippen molar-refractivity contribution in [2.24, 2.45) is 0 Å². The first-order valence-electron chi connectivity index (χ1n) is 4.83. The van der Waals surface area contributed by atoms with Gasteiger partial charge in [0.2, 0.25) is 0 Å². The lowest BCUT2D eigenvalue weighted by molar-refractivity contribution is -0.133. The maximum Gasteiger partial charge on any atom is 0.384 e. The van der Waals surface area contributed by atoms with Crippen LogP contribution in [-0.4, -0.2) is 13.1 Å². The monoisotopic (exact) mass is 202 g/mol. The van der Waals surface area contributed by atoms with Gasteiger partial charge in [-0.2, -0.15) is 0 Å². The molecule has 0 bridgehead atoms. The Morgan fingerprint density at radius 1 is 1.40 bits per heavy atom. The Bertz CT molecular complexity index is 408. The van der Waals surface area contributed by atoms with E-state index in [1.54, 1.807) is 0 Å². The van der Waals surface area contributed by atoms with Gasteiger partial charge in [0, 0.05) is 11.5 Å². The van der Waals surface area contributed by atoms with Crippen molar-refractivity contribution in [2.75, 3.05) is 7.11 Å². The van der Waals surface area contributed by atoms with Gasteiger partial charge in [0.15, 0.2) is 0 Å². The van der Waals surface area contributed by atoms with E-state index >= 15 is 0 Å². The van der Waals surface area contributed by atoms with Crippen LogP contribution < -0.4 is 0 Å². The molecule has 0 saturated heterocycles. The minimum Gasteiger partial charge on any atom is -0.459 e. The minimum atomic E-state index is -0.509. The van der Waals surface area contributed by atoms with Crippen LogP contribution in [0.2, 0.25) is 0 Å². The maximum atomic E-state index is 10.8. The summed E-state index contributed by atoms with van der Waals surface area (Å²) in [5, 5.41) is 0. The molecular formula is C13H14O2. The second kappa shape index (κ2) is 5.21. The third kappa shape index (κ3) is 3.47. The Morgan fingerprint density at radius 3 is 2.73 bits per heavy atom. The lowest BCUT2D eigenvalue weighted by Gasteiger charge is -2.04. The van der Waals surface area contributed by atoms with E-state index in [9.17, 15) is 4.79 Å². The van der Waals surface area contributed by atoms with Gasteiger partial charge in [-0.1, -0.05) is 31.9 Å². The minimum absolute atomic E-state index is 0.463. The molecular weight excluding hydrogens is 188 g/mol. The maximum absolute atomic E-state index is 10.8. The van der Waals surface area contributed by atoms with E-state index < -0.39 is 5.97 Å². The summed E-state index contributed by atoms with van der Waals surface area (Å²) < 4.78 is 4.44. The van der Waals surface area contributed by atoms with Crippen molar-refractivity contribution >= 4 is 5.97 Å². The fourth-order valence-corrected chi connectivity index (χ4v) is 1.15. The van der Waals surface area contributed by atoms with Gasteiger partial charge in [0.25, 0.3) is 0 Å². The van der Waals surface area contributed by atoms with Crippen molar-refractivity contribution in [1.82, 2.24) is 0 Å². The second-order valence-corrected chi connectivity index (χ2v) is 3.52. The predicted molar refractivity (Wildman–Crippen MR) is 59.4 cm³/mol. The molecule has 0 N–H and O–H groups in total. The van der Waals surface area contributed by atoms with Crippen molar-refractivity contribution in [1.29, 1.82) is 0 Å². The molecule has 1 rings (SSSR count). The van der Waals surface area contributed by atoms with Crippen molar-refractivity contribution in [3.63, 3.8) is 0 Å². The van der Waals surface area contributed by atoms with Gasteiger partial charge in [-0.25, -0.2) is 4.79 Å². The highest BCUT2D eigenvalue weighted by Crippen LogP contribution is 2.14. The van der Waals surface area contributed by atoms with Crippen LogP contribution in [0.3, 0.4) is 0 Å². The molecule has 2 nitrogen and oxygen atoms in total. The number of methoxy groups -OCH3 is 1. The van der Waals surface area contributed by atoms with Crippen LogP contribution in [0, 0.1) is 11.8 Å². The Balaban J connectivity index is 2.90. The van der Waals surface area contributed by atoms with Gasteiger partial charge in [-0.15, -0.1) is 0 Å². The topological polar surface area (TPSA) is 26.3 Å². The second-order valence-electron chi connectivity index (χ2n) is 3.52. The van der Waals surface area contributed by atoms with Gasteiger partial charge in [-0.3, -0.25) is 0 Å². The molecule has 0 aliphatic rings. The normalized spacial score (nSPS) is 9.33. The lowest BCUT2D eigenvalue weighted by Crippen LogP contribution is -1.94. The quantitative estimate of drug-likeness (QED) is 0.516. The van der Waals surface area contributed by atoms with Crippen molar-refractivity contribution in [2.45, 2.75) is 19.8 Å². The average molecular weight is 202 g/mol. The van der Waals surface area contributed by atoms with Crippen LogP contribution in [0.15, 0.2) is 24.3 Å². The molecule has 0 aliphatic carbocycles. The van der Waals surface area contributed by atoms with Gasteiger partial charge in [0.1, 0.15) is 0 Å². The molecule has 0 aliphatic heterocycles. The van der Waals surface area contributed by atoms with Crippen LogP contribution in [0.25, 0.3) is 0 Å². The highest BCUT2D eigenvalue weighted by atomic mass is 16.5. The summed E-state index contributed by atoms with van der Waals surface area (Å²) in [5.41, 5.74) is 2.05. The van der Waals surface area contributed by atoms with Crippen LogP contribution in [0.5, 0.6) is 0 Å². The SMILES string of the molecule is COC(=O)C#Cc1cccc(C(C)C)c1. The predicted octanol–water partition coefficient (Wildman–Crippen LogP) is 2.33. The van der Waals surface area contributed by atoms with E-state index in [1.807, 2.05) is 24.3 Å². The van der Waals surface area contributed by atoms with E-state index in [1.165, 1.54) is 12.7 Å². The summed E-state index contributed by atoms with van der Waals surface area (Å²) in [5.74, 6) is 5.12. The molecule has 0 atom stereocenters. The summed E-state index contributed by atoms with van der Waals surface area (Å²) in [6.45, 7) is 4.24. The van der Waals surface area contributed by atoms with E-state index in [-0.39, 0.29) is 0 Å². The first kappa shape index (κ1) is 11.3. The van der Waals surface area contributed by atoms with Crippen LogP contribution in [0.1, 0.15) is 30.9 Å². The van der Waals surface area contributed by atoms with Crippen LogP contribution >= 0.6 is 0 Å². The van der Waals surface area contributed by atoms with Crippen LogP contribution in [-0.2, 0) is 9.53 Å². The zero-order valence-electron chi connectivity index (χ0n) is 9.20. The number of carbonyl (C=O) groups is 1. The van der Waals surface area contributed by atoms with E-state index in [0.29, 0.717) is 5.92 Å². The Hall–Kier alpha value is -1.75. The molecule has 0 spiro atoms. The molecule has 0 unspecified atom stereocenters. The van der Waals surface area contributed by atoms with E-state index in [4.69, 9.17) is 0 Å². The van der Waals surface area contributed by atoms with E-state index in [0.717, 1.165) is 5.56 Å². The molecule has 1 aromatic carbocycles. The average Bonchev–Trinajstić information content (AvgIpc) is 2.26. The van der Waals surface area contributed by atoms with Crippen molar-refractivity contribution in [3.05, 3.63) is 35.4 Å². The Kier molecular flexibility index (Phi) is 3.93. The first-order chi connectivity index (χ1) is 7.13. The fourth-order valence-electron chi connectivity index (χ4n) is 1.15. The third-order valence-corrected chi connectivity index (χ3v) is 2.05. The molecule has 0 heterocycles. The standard InChI is InChI=1S/C13H14O2/c1-10(2)12-6-4-5-11(9-12)7-8-13(14)15-3/h4-6,9-10H,1-3H3. The highest BCUT2D eigenvalue weighted by molar-refractivity contribution is 5.88. The number of carbonyl (C=O) groups excluding carboxylic acids is 1. The molecule has 15 heavy (non-hydrogen) atoms. The zero-order chi connectivity index (χ0) is 11.3. The summed E-state index contributed by atoms with van der Waals surface area (Å²) in [6.07, 6.45) is 0. The Morgan fingerprint density at radius 2 is 2.13 bits per heavy atom. The molecule has 0 amide bonds. The van der Waals surface area contributed by atoms with Gasteiger partial charge < -0.3 is 4.74 Å². The number of rotatable bonds is 1. The van der Waals surface area contributed by atoms with Crippen LogP contribution in [0.4, 0.5) is 0 Å². The summed E-state index contributed by atoms with van der Waals surface area (Å²) in [4.78, 5) is 10.8. The molecule has 0 fully saturated rings. The zero-order valence-corrected chi connectivity index (χ0v) is 9.20. The smallest absolute Gasteiger partial charge is 0.384 e. The first-order valence-corrected chi connectivity index (χ1v) is 4.83. The number of hydrogen-bond acceptors (Lipinski definition) is 2. The molecule has 1 aromatic rings. The largest absolute Gasteiger partial charge is 0.459 e. The lowest BCUT2D eigenvalue weighted by atomic mass is 10.0.